The molecular weight excluding hydrogens is 378 g/mol. The molecule has 1 aliphatic rings. The van der Waals surface area contributed by atoms with E-state index in [2.05, 4.69) is 4.99 Å². The second-order valence-corrected chi connectivity index (χ2v) is 7.85. The van der Waals surface area contributed by atoms with Crippen LogP contribution >= 0.6 is 0 Å². The average molecular weight is 405 g/mol. The van der Waals surface area contributed by atoms with Crippen molar-refractivity contribution >= 4 is 17.2 Å². The minimum Gasteiger partial charge on any atom is -0.492 e. The summed E-state index contributed by atoms with van der Waals surface area (Å²) in [4.78, 5) is 17.6. The second kappa shape index (κ2) is 9.72. The summed E-state index contributed by atoms with van der Waals surface area (Å²) in [6.07, 6.45) is 9.06. The molecule has 1 N–H and O–H groups in total. The van der Waals surface area contributed by atoms with E-state index in [0.29, 0.717) is 34.8 Å². The normalized spacial score (nSPS) is 16.2. The number of rotatable bonds is 7. The highest BCUT2D eigenvalue weighted by atomic mass is 16.5. The minimum absolute atomic E-state index is 0.144. The Kier molecular flexibility index (Phi) is 6.60. The molecule has 1 fully saturated rings. The lowest BCUT2D eigenvalue weighted by molar-refractivity contribution is 0.210. The van der Waals surface area contributed by atoms with Gasteiger partial charge < -0.3 is 14.3 Å². The number of ether oxygens (including phenoxy) is 1. The molecule has 4 rings (SSSR count). The zero-order chi connectivity index (χ0) is 20.8. The standard InChI is InChI=1S/C25H27NO4/c27-15-21(19-10-5-2-6-11-19)26-14-20-17-30-23-13-7-12-22(24(23)25(20)28)29-16-18-8-3-1-4-9-18/h2,5-7,10-14,17-18,21,27H,1,3-4,8-9,15-16H2. The molecule has 0 spiro atoms. The van der Waals surface area contributed by atoms with Gasteiger partial charge in [0.2, 0.25) is 5.43 Å². The molecule has 0 aliphatic heterocycles. The molecule has 0 bridgehead atoms. The van der Waals surface area contributed by atoms with Crippen LogP contribution < -0.4 is 10.2 Å². The van der Waals surface area contributed by atoms with Crippen LogP contribution in [0, 0.1) is 5.92 Å². The third kappa shape index (κ3) is 4.62. The summed E-state index contributed by atoms with van der Waals surface area (Å²) in [7, 11) is 0. The van der Waals surface area contributed by atoms with Crippen LogP contribution in [0.15, 0.2) is 69.0 Å². The number of benzene rings is 2. The quantitative estimate of drug-likeness (QED) is 0.567. The highest BCUT2D eigenvalue weighted by molar-refractivity contribution is 5.89. The summed E-state index contributed by atoms with van der Waals surface area (Å²) in [6, 6.07) is 14.5. The van der Waals surface area contributed by atoms with E-state index in [1.54, 1.807) is 6.07 Å². The molecule has 30 heavy (non-hydrogen) atoms. The molecule has 1 unspecified atom stereocenters. The van der Waals surface area contributed by atoms with Gasteiger partial charge in [0.25, 0.3) is 0 Å². The SMILES string of the molecule is O=c1c(C=NC(CO)c2ccccc2)coc2cccc(OCC3CCCCC3)c12. The number of aliphatic hydroxyl groups excluding tert-OH is 1. The fraction of sp³-hybridized carbons (Fsp3) is 0.360. The van der Waals surface area contributed by atoms with Crippen LogP contribution in [0.25, 0.3) is 11.0 Å². The monoisotopic (exact) mass is 405 g/mol. The van der Waals surface area contributed by atoms with Crippen LogP contribution in [0.1, 0.15) is 49.3 Å². The van der Waals surface area contributed by atoms with Gasteiger partial charge in [-0.3, -0.25) is 9.79 Å². The highest BCUT2D eigenvalue weighted by Gasteiger charge is 2.17. The van der Waals surface area contributed by atoms with Gasteiger partial charge in [0, 0.05) is 6.21 Å². The first-order valence-electron chi connectivity index (χ1n) is 10.6. The maximum atomic E-state index is 13.1. The molecule has 1 aromatic heterocycles. The third-order valence-corrected chi connectivity index (χ3v) is 5.74. The van der Waals surface area contributed by atoms with Crippen molar-refractivity contribution in [2.45, 2.75) is 38.1 Å². The topological polar surface area (TPSA) is 72.0 Å². The molecule has 1 heterocycles. The predicted octanol–water partition coefficient (Wildman–Crippen LogP) is 4.90. The van der Waals surface area contributed by atoms with Gasteiger partial charge in [0.15, 0.2) is 0 Å². The van der Waals surface area contributed by atoms with Crippen molar-refractivity contribution in [2.75, 3.05) is 13.2 Å². The molecule has 0 saturated heterocycles. The minimum atomic E-state index is -0.431. The Hall–Kier alpha value is -2.92. The number of hydrogen-bond acceptors (Lipinski definition) is 5. The van der Waals surface area contributed by atoms with Crippen molar-refractivity contribution in [2.24, 2.45) is 10.9 Å². The van der Waals surface area contributed by atoms with Gasteiger partial charge in [-0.25, -0.2) is 0 Å². The summed E-state index contributed by atoms with van der Waals surface area (Å²) >= 11 is 0. The average Bonchev–Trinajstić information content (AvgIpc) is 2.80. The number of aliphatic hydroxyl groups is 1. The van der Waals surface area contributed by atoms with Gasteiger partial charge in [-0.1, -0.05) is 55.7 Å². The Morgan fingerprint density at radius 2 is 1.90 bits per heavy atom. The van der Waals surface area contributed by atoms with Gasteiger partial charge in [0.05, 0.1) is 24.8 Å². The Morgan fingerprint density at radius 1 is 1.10 bits per heavy atom. The predicted molar refractivity (Wildman–Crippen MR) is 118 cm³/mol. The van der Waals surface area contributed by atoms with Crippen molar-refractivity contribution in [3.63, 3.8) is 0 Å². The first-order valence-corrected chi connectivity index (χ1v) is 10.6. The van der Waals surface area contributed by atoms with E-state index < -0.39 is 6.04 Å². The molecule has 0 amide bonds. The lowest BCUT2D eigenvalue weighted by Crippen LogP contribution is -2.16. The van der Waals surface area contributed by atoms with Crippen molar-refractivity contribution in [1.29, 1.82) is 0 Å². The second-order valence-electron chi connectivity index (χ2n) is 7.85. The molecule has 156 valence electrons. The summed E-state index contributed by atoms with van der Waals surface area (Å²) in [5.74, 6) is 1.10. The number of aliphatic imine (C=N–C) groups is 1. The molecule has 2 aromatic carbocycles. The van der Waals surface area contributed by atoms with E-state index in [1.165, 1.54) is 44.6 Å². The molecular formula is C25H27NO4. The molecule has 5 heteroatoms. The van der Waals surface area contributed by atoms with E-state index in [1.807, 2.05) is 42.5 Å². The molecule has 1 saturated carbocycles. The van der Waals surface area contributed by atoms with E-state index in [0.717, 1.165) is 5.56 Å². The first kappa shape index (κ1) is 20.4. The number of nitrogens with zero attached hydrogens (tertiary/aromatic N) is 1. The number of fused-ring (bicyclic) bond motifs is 1. The zero-order valence-electron chi connectivity index (χ0n) is 17.0. The third-order valence-electron chi connectivity index (χ3n) is 5.74. The maximum Gasteiger partial charge on any atom is 0.205 e. The molecule has 5 nitrogen and oxygen atoms in total. The Bertz CT molecular complexity index is 1050. The van der Waals surface area contributed by atoms with Crippen LogP contribution in [0.2, 0.25) is 0 Å². The Balaban J connectivity index is 1.60. The van der Waals surface area contributed by atoms with Crippen LogP contribution in [-0.4, -0.2) is 24.5 Å². The molecule has 0 radical (unpaired) electrons. The summed E-state index contributed by atoms with van der Waals surface area (Å²) in [5.41, 5.74) is 1.55. The Labute approximate surface area is 176 Å². The lowest BCUT2D eigenvalue weighted by Gasteiger charge is -2.21. The van der Waals surface area contributed by atoms with Crippen LogP contribution in [-0.2, 0) is 0 Å². The van der Waals surface area contributed by atoms with E-state index in [4.69, 9.17) is 9.15 Å². The fourth-order valence-corrected chi connectivity index (χ4v) is 4.01. The summed E-state index contributed by atoms with van der Waals surface area (Å²) in [6.45, 7) is 0.479. The molecule has 3 aromatic rings. The van der Waals surface area contributed by atoms with Gasteiger partial charge >= 0.3 is 0 Å². The van der Waals surface area contributed by atoms with E-state index in [-0.39, 0.29) is 12.0 Å². The van der Waals surface area contributed by atoms with Crippen LogP contribution in [0.5, 0.6) is 5.75 Å². The maximum absolute atomic E-state index is 13.1. The lowest BCUT2D eigenvalue weighted by atomic mass is 9.90. The summed E-state index contributed by atoms with van der Waals surface area (Å²) < 4.78 is 11.8. The molecule has 1 aliphatic carbocycles. The van der Waals surface area contributed by atoms with Gasteiger partial charge in [-0.15, -0.1) is 0 Å². The van der Waals surface area contributed by atoms with Crippen molar-refractivity contribution in [3.05, 3.63) is 76.1 Å². The van der Waals surface area contributed by atoms with Gasteiger partial charge in [-0.05, 0) is 36.5 Å². The van der Waals surface area contributed by atoms with Crippen molar-refractivity contribution in [1.82, 2.24) is 0 Å². The fourth-order valence-electron chi connectivity index (χ4n) is 4.01. The number of hydrogen-bond donors (Lipinski definition) is 1. The largest absolute Gasteiger partial charge is 0.492 e. The van der Waals surface area contributed by atoms with Crippen molar-refractivity contribution < 1.29 is 14.3 Å². The van der Waals surface area contributed by atoms with Crippen LogP contribution in [0.3, 0.4) is 0 Å². The Morgan fingerprint density at radius 3 is 2.67 bits per heavy atom. The van der Waals surface area contributed by atoms with Gasteiger partial charge in [0.1, 0.15) is 23.0 Å². The highest BCUT2D eigenvalue weighted by Crippen LogP contribution is 2.27. The van der Waals surface area contributed by atoms with Crippen molar-refractivity contribution in [3.8, 4) is 5.75 Å². The van der Waals surface area contributed by atoms with E-state index in [9.17, 15) is 9.90 Å². The first-order chi connectivity index (χ1) is 14.8. The van der Waals surface area contributed by atoms with Crippen LogP contribution in [0.4, 0.5) is 0 Å². The summed E-state index contributed by atoms with van der Waals surface area (Å²) in [5, 5.41) is 10.1. The smallest absolute Gasteiger partial charge is 0.205 e. The molecule has 1 atom stereocenters. The van der Waals surface area contributed by atoms with Gasteiger partial charge in [-0.2, -0.15) is 0 Å². The zero-order valence-corrected chi connectivity index (χ0v) is 17.0. The van der Waals surface area contributed by atoms with E-state index >= 15 is 0 Å².